The number of carbonyl (C=O) groups is 1. The molecule has 1 unspecified atom stereocenters. The molecule has 0 radical (unpaired) electrons. The number of methoxy groups -OCH3 is 1. The summed E-state index contributed by atoms with van der Waals surface area (Å²) >= 11 is 0. The normalized spacial score (nSPS) is 36.2. The van der Waals surface area contributed by atoms with Gasteiger partial charge in [-0.3, -0.25) is 4.90 Å². The van der Waals surface area contributed by atoms with Crippen LogP contribution in [0.25, 0.3) is 0 Å². The maximum absolute atomic E-state index is 12.8. The SMILES string of the molecule is CCC1[C@H]2CCN3CC[C@@]4(C(=C2C(=O)OC)Nc2ccccc24)[C@@H]13. The van der Waals surface area contributed by atoms with Crippen LogP contribution in [-0.2, 0) is 14.9 Å². The monoisotopic (exact) mass is 324 g/mol. The lowest BCUT2D eigenvalue weighted by Crippen LogP contribution is -2.58. The van der Waals surface area contributed by atoms with Crippen LogP contribution >= 0.6 is 0 Å². The first-order valence-corrected chi connectivity index (χ1v) is 9.16. The highest BCUT2D eigenvalue weighted by molar-refractivity contribution is 5.93. The molecular weight excluding hydrogens is 300 g/mol. The summed E-state index contributed by atoms with van der Waals surface area (Å²) in [6.45, 7) is 4.51. The van der Waals surface area contributed by atoms with Gasteiger partial charge >= 0.3 is 5.97 Å². The van der Waals surface area contributed by atoms with Crippen LogP contribution in [0, 0.1) is 11.8 Å². The largest absolute Gasteiger partial charge is 0.466 e. The van der Waals surface area contributed by atoms with Crippen molar-refractivity contribution in [3.63, 3.8) is 0 Å². The smallest absolute Gasteiger partial charge is 0.335 e. The van der Waals surface area contributed by atoms with Crippen molar-refractivity contribution < 1.29 is 9.53 Å². The Labute approximate surface area is 142 Å². The molecule has 1 N–H and O–H groups in total. The molecule has 1 aliphatic carbocycles. The third-order valence-electron chi connectivity index (χ3n) is 6.97. The topological polar surface area (TPSA) is 41.6 Å². The van der Waals surface area contributed by atoms with Gasteiger partial charge in [0, 0.05) is 17.4 Å². The average molecular weight is 324 g/mol. The van der Waals surface area contributed by atoms with Crippen molar-refractivity contribution in [3.8, 4) is 0 Å². The Hall–Kier alpha value is -1.81. The Morgan fingerprint density at radius 2 is 2.21 bits per heavy atom. The number of nitrogens with zero attached hydrogens (tertiary/aromatic N) is 1. The van der Waals surface area contributed by atoms with Crippen molar-refractivity contribution in [2.45, 2.75) is 37.6 Å². The van der Waals surface area contributed by atoms with E-state index in [-0.39, 0.29) is 11.4 Å². The lowest BCUT2D eigenvalue weighted by atomic mass is 9.57. The average Bonchev–Trinajstić information content (AvgIpc) is 3.17. The fourth-order valence-corrected chi connectivity index (χ4v) is 6.20. The third-order valence-corrected chi connectivity index (χ3v) is 6.97. The van der Waals surface area contributed by atoms with E-state index in [0.717, 1.165) is 43.6 Å². The van der Waals surface area contributed by atoms with E-state index in [1.54, 1.807) is 0 Å². The van der Waals surface area contributed by atoms with Gasteiger partial charge in [0.15, 0.2) is 0 Å². The number of fused-ring (bicyclic) bond motifs is 2. The van der Waals surface area contributed by atoms with E-state index in [2.05, 4.69) is 41.4 Å². The van der Waals surface area contributed by atoms with Crippen molar-refractivity contribution in [2.75, 3.05) is 25.5 Å². The van der Waals surface area contributed by atoms with Gasteiger partial charge in [0.05, 0.1) is 18.1 Å². The number of piperidine rings is 1. The second-order valence-electron chi connectivity index (χ2n) is 7.62. The molecule has 0 saturated carbocycles. The number of hydrogen-bond donors (Lipinski definition) is 1. The Bertz CT molecular complexity index is 756. The molecule has 3 heterocycles. The number of hydrogen-bond acceptors (Lipinski definition) is 4. The number of esters is 1. The molecular formula is C20H24N2O2. The summed E-state index contributed by atoms with van der Waals surface area (Å²) in [4.78, 5) is 15.4. The van der Waals surface area contributed by atoms with Crippen LogP contribution in [0.1, 0.15) is 31.7 Å². The van der Waals surface area contributed by atoms with Crippen LogP contribution in [0.4, 0.5) is 5.69 Å². The highest BCUT2D eigenvalue weighted by Crippen LogP contribution is 2.62. The second kappa shape index (κ2) is 4.85. The van der Waals surface area contributed by atoms with Crippen LogP contribution in [-0.4, -0.2) is 37.1 Å². The van der Waals surface area contributed by atoms with E-state index >= 15 is 0 Å². The van der Waals surface area contributed by atoms with Crippen molar-refractivity contribution in [1.29, 1.82) is 0 Å². The predicted molar refractivity (Wildman–Crippen MR) is 92.7 cm³/mol. The predicted octanol–water partition coefficient (Wildman–Crippen LogP) is 2.91. The number of benzene rings is 1. The molecule has 0 amide bonds. The number of anilines is 1. The summed E-state index contributed by atoms with van der Waals surface area (Å²) in [7, 11) is 1.52. The summed E-state index contributed by atoms with van der Waals surface area (Å²) < 4.78 is 5.23. The number of para-hydroxylation sites is 1. The molecule has 5 rings (SSSR count). The van der Waals surface area contributed by atoms with Gasteiger partial charge in [-0.1, -0.05) is 31.5 Å². The number of carbonyl (C=O) groups excluding carboxylic acids is 1. The van der Waals surface area contributed by atoms with Gasteiger partial charge in [-0.25, -0.2) is 4.79 Å². The first-order valence-electron chi connectivity index (χ1n) is 9.16. The minimum atomic E-state index is -0.132. The van der Waals surface area contributed by atoms with Crippen molar-refractivity contribution in [3.05, 3.63) is 41.1 Å². The summed E-state index contributed by atoms with van der Waals surface area (Å²) in [5.74, 6) is 0.728. The molecule has 2 bridgehead atoms. The first-order chi connectivity index (χ1) is 11.7. The summed E-state index contributed by atoms with van der Waals surface area (Å²) in [5, 5.41) is 3.65. The van der Waals surface area contributed by atoms with Crippen molar-refractivity contribution in [2.24, 2.45) is 11.8 Å². The summed E-state index contributed by atoms with van der Waals surface area (Å²) in [5.41, 5.74) is 4.60. The fraction of sp³-hybridized carbons (Fsp3) is 0.550. The zero-order chi connectivity index (χ0) is 16.5. The molecule has 0 aromatic heterocycles. The maximum atomic E-state index is 12.8. The molecule has 4 heteroatoms. The quantitative estimate of drug-likeness (QED) is 0.850. The van der Waals surface area contributed by atoms with Gasteiger partial charge in [0.1, 0.15) is 0 Å². The maximum Gasteiger partial charge on any atom is 0.335 e. The van der Waals surface area contributed by atoms with Gasteiger partial charge in [0.25, 0.3) is 0 Å². The summed E-state index contributed by atoms with van der Waals surface area (Å²) in [6, 6.07) is 9.14. The van der Waals surface area contributed by atoms with Crippen LogP contribution in [0.3, 0.4) is 0 Å². The van der Waals surface area contributed by atoms with Gasteiger partial charge in [-0.15, -0.1) is 0 Å². The van der Waals surface area contributed by atoms with Crippen molar-refractivity contribution >= 4 is 11.7 Å². The summed E-state index contributed by atoms with van der Waals surface area (Å²) in [6.07, 6.45) is 3.28. The third kappa shape index (κ3) is 1.51. The van der Waals surface area contributed by atoms with Crippen LogP contribution in [0.5, 0.6) is 0 Å². The Morgan fingerprint density at radius 1 is 1.38 bits per heavy atom. The lowest BCUT2D eigenvalue weighted by molar-refractivity contribution is -0.138. The molecule has 2 fully saturated rings. The number of ether oxygens (including phenoxy) is 1. The molecule has 1 aromatic rings. The molecule has 4 atom stereocenters. The molecule has 4 aliphatic rings. The second-order valence-corrected chi connectivity index (χ2v) is 7.62. The van der Waals surface area contributed by atoms with E-state index in [1.165, 1.54) is 18.4 Å². The van der Waals surface area contributed by atoms with Crippen LogP contribution in [0.15, 0.2) is 35.5 Å². The van der Waals surface area contributed by atoms with Gasteiger partial charge < -0.3 is 10.1 Å². The Kier molecular flexibility index (Phi) is 2.94. The van der Waals surface area contributed by atoms with Gasteiger partial charge in [-0.2, -0.15) is 0 Å². The molecule has 2 saturated heterocycles. The van der Waals surface area contributed by atoms with Crippen molar-refractivity contribution in [1.82, 2.24) is 4.90 Å². The van der Waals surface area contributed by atoms with Gasteiger partial charge in [0.2, 0.25) is 0 Å². The minimum Gasteiger partial charge on any atom is -0.466 e. The minimum absolute atomic E-state index is 0.0439. The zero-order valence-electron chi connectivity index (χ0n) is 14.3. The number of nitrogens with one attached hydrogen (secondary N) is 1. The first kappa shape index (κ1) is 14.5. The highest BCUT2D eigenvalue weighted by atomic mass is 16.5. The van der Waals surface area contributed by atoms with Crippen LogP contribution < -0.4 is 5.32 Å². The molecule has 3 aliphatic heterocycles. The molecule has 4 nitrogen and oxygen atoms in total. The van der Waals surface area contributed by atoms with E-state index < -0.39 is 0 Å². The lowest BCUT2D eigenvalue weighted by Gasteiger charge is -2.52. The van der Waals surface area contributed by atoms with E-state index in [4.69, 9.17) is 4.74 Å². The van der Waals surface area contributed by atoms with E-state index in [0.29, 0.717) is 17.9 Å². The van der Waals surface area contributed by atoms with Crippen LogP contribution in [0.2, 0.25) is 0 Å². The zero-order valence-corrected chi connectivity index (χ0v) is 14.3. The van der Waals surface area contributed by atoms with E-state index in [9.17, 15) is 4.79 Å². The standard InChI is InChI=1S/C20H24N2O2/c1-3-12-13-8-10-22-11-9-20(18(12)22)14-6-4-5-7-15(14)21-17(20)16(13)19(23)24-2/h4-7,12-13,18,21H,3,8-11H2,1-2H3/t12?,13-,18-,20-/m1/s1. The molecule has 24 heavy (non-hydrogen) atoms. The Balaban J connectivity index is 1.83. The molecule has 1 spiro atoms. The molecule has 1 aromatic carbocycles. The fourth-order valence-electron chi connectivity index (χ4n) is 6.20. The molecule has 126 valence electrons. The van der Waals surface area contributed by atoms with E-state index in [1.807, 2.05) is 0 Å². The Morgan fingerprint density at radius 3 is 3.00 bits per heavy atom. The number of rotatable bonds is 2. The highest BCUT2D eigenvalue weighted by Gasteiger charge is 2.64. The van der Waals surface area contributed by atoms with Gasteiger partial charge in [-0.05, 0) is 49.4 Å².